The fourth-order valence-electron chi connectivity index (χ4n) is 1.74. The molecule has 0 radical (unpaired) electrons. The molecule has 2 rings (SSSR count). The van der Waals surface area contributed by atoms with Crippen molar-refractivity contribution in [2.24, 2.45) is 7.05 Å². The van der Waals surface area contributed by atoms with Crippen LogP contribution in [0.3, 0.4) is 0 Å². The van der Waals surface area contributed by atoms with E-state index in [9.17, 15) is 4.79 Å². The van der Waals surface area contributed by atoms with Gasteiger partial charge in [0.05, 0.1) is 6.61 Å². The number of aromatic nitrogens is 2. The molecule has 0 atom stereocenters. The van der Waals surface area contributed by atoms with Crippen molar-refractivity contribution < 1.29 is 9.53 Å². The number of nitrogens with one attached hydrogen (secondary N) is 2. The van der Waals surface area contributed by atoms with Gasteiger partial charge in [0, 0.05) is 23.4 Å². The van der Waals surface area contributed by atoms with E-state index in [0.29, 0.717) is 23.1 Å². The summed E-state index contributed by atoms with van der Waals surface area (Å²) >= 11 is 8.60. The zero-order chi connectivity index (χ0) is 16.1. The van der Waals surface area contributed by atoms with Crippen LogP contribution >= 0.6 is 28.1 Å². The topological polar surface area (TPSA) is 68.2 Å². The van der Waals surface area contributed by atoms with E-state index >= 15 is 0 Å². The van der Waals surface area contributed by atoms with Crippen molar-refractivity contribution in [2.75, 3.05) is 17.2 Å². The summed E-state index contributed by atoms with van der Waals surface area (Å²) in [6.07, 6.45) is 1.59. The molecule has 8 heteroatoms. The fourth-order valence-corrected chi connectivity index (χ4v) is 2.22. The molecule has 0 amide bonds. The number of esters is 1. The second-order valence-corrected chi connectivity index (χ2v) is 5.70. The van der Waals surface area contributed by atoms with Crippen molar-refractivity contribution in [3.8, 4) is 0 Å². The first-order chi connectivity index (χ1) is 10.5. The molecule has 1 heterocycles. The predicted octanol–water partition coefficient (Wildman–Crippen LogP) is 3.17. The monoisotopic (exact) mass is 382 g/mol. The van der Waals surface area contributed by atoms with Crippen molar-refractivity contribution in [3.63, 3.8) is 0 Å². The molecule has 1 aromatic carbocycles. The van der Waals surface area contributed by atoms with Crippen LogP contribution in [0.1, 0.15) is 17.3 Å². The van der Waals surface area contributed by atoms with E-state index in [1.165, 1.54) is 4.68 Å². The number of anilines is 2. The highest BCUT2D eigenvalue weighted by atomic mass is 79.9. The van der Waals surface area contributed by atoms with Gasteiger partial charge in [-0.3, -0.25) is 4.68 Å². The second-order valence-electron chi connectivity index (χ2n) is 4.37. The maximum Gasteiger partial charge on any atom is 0.343 e. The molecule has 0 aliphatic rings. The van der Waals surface area contributed by atoms with Gasteiger partial charge in [0.15, 0.2) is 10.9 Å². The Bertz CT molecular complexity index is 685. The molecule has 2 N–H and O–H groups in total. The van der Waals surface area contributed by atoms with E-state index in [-0.39, 0.29) is 0 Å². The number of ether oxygens (including phenoxy) is 1. The minimum absolute atomic E-state index is 0.300. The lowest BCUT2D eigenvalue weighted by Gasteiger charge is -2.09. The van der Waals surface area contributed by atoms with Crippen molar-refractivity contribution >= 4 is 50.7 Å². The summed E-state index contributed by atoms with van der Waals surface area (Å²) in [6.45, 7) is 2.05. The number of aryl methyl sites for hydroxylation is 1. The second kappa shape index (κ2) is 7.37. The Hall–Kier alpha value is -1.93. The fraction of sp³-hybridized carbons (Fsp3) is 0.214. The Labute approximate surface area is 142 Å². The number of benzene rings is 1. The summed E-state index contributed by atoms with van der Waals surface area (Å²) < 4.78 is 7.50. The lowest BCUT2D eigenvalue weighted by molar-refractivity contribution is 0.0527. The van der Waals surface area contributed by atoms with Crippen LogP contribution in [0.5, 0.6) is 0 Å². The summed E-state index contributed by atoms with van der Waals surface area (Å²) in [5.41, 5.74) is 1.17. The summed E-state index contributed by atoms with van der Waals surface area (Å²) in [5.74, 6) is -0.0832. The van der Waals surface area contributed by atoms with Crippen LogP contribution in [-0.2, 0) is 11.8 Å². The molecule has 0 saturated carbocycles. The third-order valence-corrected chi connectivity index (χ3v) is 3.39. The van der Waals surface area contributed by atoms with Gasteiger partial charge in [-0.15, -0.1) is 0 Å². The first-order valence-corrected chi connectivity index (χ1v) is 7.74. The number of hydrogen-bond donors (Lipinski definition) is 2. The zero-order valence-electron chi connectivity index (χ0n) is 12.1. The molecule has 0 aliphatic carbocycles. The van der Waals surface area contributed by atoms with Gasteiger partial charge in [-0.2, -0.15) is 5.10 Å². The van der Waals surface area contributed by atoms with E-state index in [2.05, 4.69) is 31.7 Å². The number of hydrogen-bond acceptors (Lipinski definition) is 4. The lowest BCUT2D eigenvalue weighted by atomic mass is 10.3. The SMILES string of the molecule is CCOC(=O)c1cn(C)nc1NC(=S)Nc1ccc(Br)cc1. The van der Waals surface area contributed by atoms with E-state index < -0.39 is 5.97 Å². The molecule has 0 aliphatic heterocycles. The number of halogens is 1. The first kappa shape index (κ1) is 16.4. The van der Waals surface area contributed by atoms with Crippen LogP contribution < -0.4 is 10.6 Å². The number of nitrogens with zero attached hydrogens (tertiary/aromatic N) is 2. The minimum atomic E-state index is -0.440. The first-order valence-electron chi connectivity index (χ1n) is 6.54. The number of carbonyl (C=O) groups is 1. The van der Waals surface area contributed by atoms with Crippen molar-refractivity contribution in [2.45, 2.75) is 6.92 Å². The minimum Gasteiger partial charge on any atom is -0.462 e. The maximum atomic E-state index is 11.9. The van der Waals surface area contributed by atoms with Gasteiger partial charge in [-0.1, -0.05) is 15.9 Å². The Morgan fingerprint density at radius 2 is 2.05 bits per heavy atom. The Morgan fingerprint density at radius 3 is 2.68 bits per heavy atom. The van der Waals surface area contributed by atoms with Gasteiger partial charge < -0.3 is 15.4 Å². The van der Waals surface area contributed by atoms with Gasteiger partial charge in [0.2, 0.25) is 0 Å². The van der Waals surface area contributed by atoms with E-state index in [4.69, 9.17) is 17.0 Å². The van der Waals surface area contributed by atoms with Crippen molar-refractivity contribution in [1.29, 1.82) is 0 Å². The molecular formula is C14H15BrN4O2S. The molecular weight excluding hydrogens is 368 g/mol. The number of thiocarbonyl (C=S) groups is 1. The Balaban J connectivity index is 2.08. The molecule has 6 nitrogen and oxygen atoms in total. The molecule has 0 spiro atoms. The summed E-state index contributed by atoms with van der Waals surface area (Å²) in [7, 11) is 1.72. The van der Waals surface area contributed by atoms with Crippen LogP contribution in [0.15, 0.2) is 34.9 Å². The van der Waals surface area contributed by atoms with E-state index in [1.54, 1.807) is 20.2 Å². The Morgan fingerprint density at radius 1 is 1.36 bits per heavy atom. The largest absolute Gasteiger partial charge is 0.462 e. The third kappa shape index (κ3) is 4.28. The highest BCUT2D eigenvalue weighted by Crippen LogP contribution is 2.16. The van der Waals surface area contributed by atoms with Gasteiger partial charge in [0.25, 0.3) is 0 Å². The highest BCUT2D eigenvalue weighted by molar-refractivity contribution is 9.10. The number of carbonyl (C=O) groups excluding carboxylic acids is 1. The zero-order valence-corrected chi connectivity index (χ0v) is 14.5. The van der Waals surface area contributed by atoms with Crippen molar-refractivity contribution in [3.05, 3.63) is 40.5 Å². The van der Waals surface area contributed by atoms with Crippen LogP contribution in [0.2, 0.25) is 0 Å². The van der Waals surface area contributed by atoms with Gasteiger partial charge in [0.1, 0.15) is 5.56 Å². The summed E-state index contributed by atoms with van der Waals surface area (Å²) in [5, 5.41) is 10.5. The third-order valence-electron chi connectivity index (χ3n) is 2.66. The Kier molecular flexibility index (Phi) is 5.51. The number of rotatable bonds is 4. The van der Waals surface area contributed by atoms with Crippen LogP contribution in [0, 0.1) is 0 Å². The molecule has 0 fully saturated rings. The van der Waals surface area contributed by atoms with Crippen LogP contribution in [-0.4, -0.2) is 27.5 Å². The summed E-state index contributed by atoms with van der Waals surface area (Å²) in [6, 6.07) is 7.55. The molecule has 0 bridgehead atoms. The predicted molar refractivity (Wildman–Crippen MR) is 93.1 cm³/mol. The molecule has 2 aromatic rings. The quantitative estimate of drug-likeness (QED) is 0.625. The molecule has 22 heavy (non-hydrogen) atoms. The molecule has 0 saturated heterocycles. The average Bonchev–Trinajstić information content (AvgIpc) is 2.82. The normalized spacial score (nSPS) is 10.1. The highest BCUT2D eigenvalue weighted by Gasteiger charge is 2.17. The van der Waals surface area contributed by atoms with Crippen LogP contribution in [0.4, 0.5) is 11.5 Å². The molecule has 1 aromatic heterocycles. The average molecular weight is 383 g/mol. The van der Waals surface area contributed by atoms with Crippen LogP contribution in [0.25, 0.3) is 0 Å². The van der Waals surface area contributed by atoms with E-state index in [0.717, 1.165) is 10.2 Å². The van der Waals surface area contributed by atoms with Gasteiger partial charge >= 0.3 is 5.97 Å². The van der Waals surface area contributed by atoms with Gasteiger partial charge in [-0.05, 0) is 43.4 Å². The van der Waals surface area contributed by atoms with E-state index in [1.807, 2.05) is 24.3 Å². The smallest absolute Gasteiger partial charge is 0.343 e. The lowest BCUT2D eigenvalue weighted by Crippen LogP contribution is -2.21. The van der Waals surface area contributed by atoms with Gasteiger partial charge in [-0.25, -0.2) is 4.79 Å². The van der Waals surface area contributed by atoms with Crippen molar-refractivity contribution in [1.82, 2.24) is 9.78 Å². The maximum absolute atomic E-state index is 11.9. The summed E-state index contributed by atoms with van der Waals surface area (Å²) in [4.78, 5) is 11.9. The molecule has 116 valence electrons. The standard InChI is InChI=1S/C14H15BrN4O2S/c1-3-21-13(20)11-8-19(2)18-12(11)17-14(22)16-10-6-4-9(15)5-7-10/h4-8H,3H2,1-2H3,(H2,16,17,18,22). The molecule has 0 unspecified atom stereocenters.